The van der Waals surface area contributed by atoms with Crippen LogP contribution in [0, 0.1) is 0 Å². The largest absolute Gasteiger partial charge is 0.0654 e. The number of hydrogen-bond donors (Lipinski definition) is 0. The van der Waals surface area contributed by atoms with Crippen molar-refractivity contribution in [3.05, 3.63) is 58.7 Å². The molecule has 0 amide bonds. The second-order valence-corrected chi connectivity index (χ2v) is 7.78. The smallest absolute Gasteiger partial charge is 0.00133 e. The Morgan fingerprint density at radius 1 is 0.600 bits per heavy atom. The third kappa shape index (κ3) is 4.75. The molecule has 0 fully saturated rings. The van der Waals surface area contributed by atoms with Gasteiger partial charge in [0, 0.05) is 0 Å². The summed E-state index contributed by atoms with van der Waals surface area (Å²) >= 11 is 0. The van der Waals surface area contributed by atoms with Crippen molar-refractivity contribution in [1.29, 1.82) is 0 Å². The SMILES string of the molecule is CCCCCCc1ccc2c(c1)Cc1cc(CCCCCC)ccc1-2. The Morgan fingerprint density at radius 3 is 1.52 bits per heavy atom. The zero-order valence-electron chi connectivity index (χ0n) is 16.2. The second kappa shape index (κ2) is 9.22. The third-order valence-electron chi connectivity index (χ3n) is 5.65. The lowest BCUT2D eigenvalue weighted by molar-refractivity contribution is 0.666. The highest BCUT2D eigenvalue weighted by Gasteiger charge is 2.18. The minimum Gasteiger partial charge on any atom is -0.0654 e. The fourth-order valence-electron chi connectivity index (χ4n) is 4.14. The molecule has 1 aliphatic carbocycles. The summed E-state index contributed by atoms with van der Waals surface area (Å²) in [5, 5.41) is 0. The van der Waals surface area contributed by atoms with Crippen LogP contribution >= 0.6 is 0 Å². The molecule has 0 spiro atoms. The molecule has 0 heterocycles. The highest BCUT2D eigenvalue weighted by Crippen LogP contribution is 2.37. The third-order valence-corrected chi connectivity index (χ3v) is 5.65. The lowest BCUT2D eigenvalue weighted by Gasteiger charge is -2.06. The maximum absolute atomic E-state index is 2.47. The molecule has 3 rings (SSSR count). The van der Waals surface area contributed by atoms with Crippen molar-refractivity contribution in [2.75, 3.05) is 0 Å². The predicted octanol–water partition coefficient (Wildman–Crippen LogP) is 7.50. The number of rotatable bonds is 10. The van der Waals surface area contributed by atoms with Gasteiger partial charge in [-0.15, -0.1) is 0 Å². The molecular weight excluding hydrogens is 300 g/mol. The van der Waals surface area contributed by atoms with Gasteiger partial charge in [-0.3, -0.25) is 0 Å². The quantitative estimate of drug-likeness (QED) is 0.337. The van der Waals surface area contributed by atoms with E-state index in [1.165, 1.54) is 86.5 Å². The normalized spacial score (nSPS) is 12.2. The van der Waals surface area contributed by atoms with E-state index in [0.717, 1.165) is 6.42 Å². The molecule has 0 atom stereocenters. The van der Waals surface area contributed by atoms with Gasteiger partial charge in [0.2, 0.25) is 0 Å². The van der Waals surface area contributed by atoms with E-state index < -0.39 is 0 Å². The maximum Gasteiger partial charge on any atom is -0.00133 e. The first kappa shape index (κ1) is 18.2. The molecule has 134 valence electrons. The average Bonchev–Trinajstić information content (AvgIpc) is 2.99. The zero-order chi connectivity index (χ0) is 17.5. The van der Waals surface area contributed by atoms with E-state index in [4.69, 9.17) is 0 Å². The topological polar surface area (TPSA) is 0 Å². The molecule has 0 unspecified atom stereocenters. The molecular formula is C25H34. The van der Waals surface area contributed by atoms with Crippen molar-refractivity contribution in [1.82, 2.24) is 0 Å². The van der Waals surface area contributed by atoms with Crippen molar-refractivity contribution in [3.63, 3.8) is 0 Å². The van der Waals surface area contributed by atoms with Crippen LogP contribution in [0.4, 0.5) is 0 Å². The fraction of sp³-hybridized carbons (Fsp3) is 0.520. The summed E-state index contributed by atoms with van der Waals surface area (Å²) in [4.78, 5) is 0. The summed E-state index contributed by atoms with van der Waals surface area (Å²) in [7, 11) is 0. The molecule has 2 aromatic carbocycles. The Hall–Kier alpha value is -1.56. The highest BCUT2D eigenvalue weighted by molar-refractivity contribution is 5.77. The summed E-state index contributed by atoms with van der Waals surface area (Å²) < 4.78 is 0. The van der Waals surface area contributed by atoms with Gasteiger partial charge in [-0.25, -0.2) is 0 Å². The Morgan fingerprint density at radius 2 is 1.08 bits per heavy atom. The van der Waals surface area contributed by atoms with Gasteiger partial charge in [-0.1, -0.05) is 88.8 Å². The summed E-state index contributed by atoms with van der Waals surface area (Å²) in [5.41, 5.74) is 9.11. The number of hydrogen-bond acceptors (Lipinski definition) is 0. The lowest BCUT2D eigenvalue weighted by atomic mass is 9.99. The standard InChI is InChI=1S/C25H34/c1-3-5-7-9-11-20-13-15-24-22(17-20)19-23-18-21(14-16-25(23)24)12-10-8-6-4-2/h13-18H,3-12,19H2,1-2H3. The van der Waals surface area contributed by atoms with Crippen molar-refractivity contribution < 1.29 is 0 Å². The molecule has 0 heteroatoms. The van der Waals surface area contributed by atoms with E-state index >= 15 is 0 Å². The molecule has 0 N–H and O–H groups in total. The minimum atomic E-state index is 1.14. The molecule has 1 aliphatic rings. The summed E-state index contributed by atoms with van der Waals surface area (Å²) in [5.74, 6) is 0. The first-order valence-corrected chi connectivity index (χ1v) is 10.6. The molecule has 0 nitrogen and oxygen atoms in total. The lowest BCUT2D eigenvalue weighted by Crippen LogP contribution is -1.89. The molecule has 0 saturated heterocycles. The van der Waals surface area contributed by atoms with Gasteiger partial charge >= 0.3 is 0 Å². The number of aryl methyl sites for hydroxylation is 2. The van der Waals surface area contributed by atoms with Crippen molar-refractivity contribution in [2.24, 2.45) is 0 Å². The first-order valence-electron chi connectivity index (χ1n) is 10.6. The summed E-state index contributed by atoms with van der Waals surface area (Å²) in [6, 6.07) is 14.4. The van der Waals surface area contributed by atoms with Crippen LogP contribution in [0.2, 0.25) is 0 Å². The van der Waals surface area contributed by atoms with Crippen LogP contribution in [-0.4, -0.2) is 0 Å². The number of benzene rings is 2. The van der Waals surface area contributed by atoms with Gasteiger partial charge in [0.05, 0.1) is 0 Å². The summed E-state index contributed by atoms with van der Waals surface area (Å²) in [6.07, 6.45) is 14.4. The maximum atomic E-state index is 2.47. The van der Waals surface area contributed by atoms with Crippen LogP contribution in [0.3, 0.4) is 0 Å². The van der Waals surface area contributed by atoms with E-state index in [-0.39, 0.29) is 0 Å². The Kier molecular flexibility index (Phi) is 6.73. The molecule has 25 heavy (non-hydrogen) atoms. The Bertz CT molecular complexity index is 621. The number of fused-ring (bicyclic) bond motifs is 3. The van der Waals surface area contributed by atoms with Gasteiger partial charge < -0.3 is 0 Å². The van der Waals surface area contributed by atoms with Gasteiger partial charge in [-0.05, 0) is 65.5 Å². The minimum absolute atomic E-state index is 1.14. The molecule has 0 aliphatic heterocycles. The average molecular weight is 335 g/mol. The van der Waals surface area contributed by atoms with Gasteiger partial charge in [0.15, 0.2) is 0 Å². The predicted molar refractivity (Wildman–Crippen MR) is 110 cm³/mol. The van der Waals surface area contributed by atoms with E-state index in [1.54, 1.807) is 11.1 Å². The second-order valence-electron chi connectivity index (χ2n) is 7.78. The molecule has 0 radical (unpaired) electrons. The van der Waals surface area contributed by atoms with Crippen LogP contribution in [0.5, 0.6) is 0 Å². The van der Waals surface area contributed by atoms with Crippen LogP contribution in [0.15, 0.2) is 36.4 Å². The molecule has 2 aromatic rings. The van der Waals surface area contributed by atoms with Crippen LogP contribution in [0.25, 0.3) is 11.1 Å². The summed E-state index contributed by atoms with van der Waals surface area (Å²) in [6.45, 7) is 4.56. The van der Waals surface area contributed by atoms with E-state index in [1.807, 2.05) is 0 Å². The fourth-order valence-corrected chi connectivity index (χ4v) is 4.14. The van der Waals surface area contributed by atoms with E-state index in [0.29, 0.717) is 0 Å². The van der Waals surface area contributed by atoms with Crippen LogP contribution < -0.4 is 0 Å². The van der Waals surface area contributed by atoms with E-state index in [2.05, 4.69) is 50.2 Å². The van der Waals surface area contributed by atoms with Crippen molar-refractivity contribution >= 4 is 0 Å². The van der Waals surface area contributed by atoms with E-state index in [9.17, 15) is 0 Å². The van der Waals surface area contributed by atoms with Crippen molar-refractivity contribution in [2.45, 2.75) is 84.5 Å². The van der Waals surface area contributed by atoms with Crippen LogP contribution in [0.1, 0.15) is 87.5 Å². The van der Waals surface area contributed by atoms with Gasteiger partial charge in [0.1, 0.15) is 0 Å². The van der Waals surface area contributed by atoms with Crippen LogP contribution in [-0.2, 0) is 19.3 Å². The zero-order valence-corrected chi connectivity index (χ0v) is 16.2. The van der Waals surface area contributed by atoms with Gasteiger partial charge in [0.25, 0.3) is 0 Å². The Balaban J connectivity index is 1.63. The molecule has 0 bridgehead atoms. The monoisotopic (exact) mass is 334 g/mol. The van der Waals surface area contributed by atoms with Gasteiger partial charge in [-0.2, -0.15) is 0 Å². The Labute approximate surface area is 154 Å². The number of unbranched alkanes of at least 4 members (excludes halogenated alkanes) is 6. The first-order chi connectivity index (χ1) is 12.3. The van der Waals surface area contributed by atoms with Crippen molar-refractivity contribution in [3.8, 4) is 11.1 Å². The molecule has 0 aromatic heterocycles. The molecule has 0 saturated carbocycles. The highest BCUT2D eigenvalue weighted by atomic mass is 14.2.